The first-order valence-corrected chi connectivity index (χ1v) is 7.81. The Balaban J connectivity index is 2.21. The fraction of sp³-hybridized carbons (Fsp3) is 0.529. The molecular weight excluding hydrogens is 276 g/mol. The van der Waals surface area contributed by atoms with Gasteiger partial charge in [-0.15, -0.1) is 0 Å². The maximum atomic E-state index is 8.89. The summed E-state index contributed by atoms with van der Waals surface area (Å²) >= 11 is 0. The van der Waals surface area contributed by atoms with E-state index in [1.807, 2.05) is 18.2 Å². The largest absolute Gasteiger partial charge is 0.381 e. The van der Waals surface area contributed by atoms with Crippen molar-refractivity contribution in [2.24, 2.45) is 4.99 Å². The standard InChI is InChI=1S/C17H26N4O/c1-3-4-10-22-11-6-9-20-17(19-2)21-14-16-8-5-7-15(12-16)13-18/h5,7-8,12H,3-4,6,9-11,14H2,1-2H3,(H2,19,20,21). The lowest BCUT2D eigenvalue weighted by Crippen LogP contribution is -2.37. The van der Waals surface area contributed by atoms with Gasteiger partial charge in [0.05, 0.1) is 11.6 Å². The van der Waals surface area contributed by atoms with Crippen LogP contribution in [0.15, 0.2) is 29.3 Å². The van der Waals surface area contributed by atoms with Gasteiger partial charge < -0.3 is 15.4 Å². The topological polar surface area (TPSA) is 69.4 Å². The van der Waals surface area contributed by atoms with Crippen LogP contribution in [0.5, 0.6) is 0 Å². The Morgan fingerprint density at radius 2 is 2.09 bits per heavy atom. The molecule has 0 saturated carbocycles. The highest BCUT2D eigenvalue weighted by Crippen LogP contribution is 2.03. The Hall–Kier alpha value is -2.06. The normalized spacial score (nSPS) is 11.0. The zero-order valence-corrected chi connectivity index (χ0v) is 13.6. The number of benzene rings is 1. The maximum absolute atomic E-state index is 8.89. The highest BCUT2D eigenvalue weighted by atomic mass is 16.5. The molecule has 5 heteroatoms. The fourth-order valence-corrected chi connectivity index (χ4v) is 1.89. The van der Waals surface area contributed by atoms with E-state index in [1.54, 1.807) is 13.1 Å². The first-order chi connectivity index (χ1) is 10.8. The summed E-state index contributed by atoms with van der Waals surface area (Å²) in [5, 5.41) is 15.4. The average Bonchev–Trinajstić information content (AvgIpc) is 2.57. The van der Waals surface area contributed by atoms with Gasteiger partial charge in [0.1, 0.15) is 0 Å². The molecule has 120 valence electrons. The van der Waals surface area contributed by atoms with Crippen molar-refractivity contribution in [2.45, 2.75) is 32.7 Å². The molecule has 0 spiro atoms. The minimum absolute atomic E-state index is 0.641. The van der Waals surface area contributed by atoms with Crippen LogP contribution < -0.4 is 10.6 Å². The lowest BCUT2D eigenvalue weighted by molar-refractivity contribution is 0.129. The van der Waals surface area contributed by atoms with Crippen LogP contribution in [0.4, 0.5) is 0 Å². The van der Waals surface area contributed by atoms with Crippen molar-refractivity contribution >= 4 is 5.96 Å². The molecule has 0 aliphatic carbocycles. The van der Waals surface area contributed by atoms with E-state index < -0.39 is 0 Å². The Kier molecular flexibility index (Phi) is 9.47. The maximum Gasteiger partial charge on any atom is 0.191 e. The minimum Gasteiger partial charge on any atom is -0.381 e. The number of nitrogens with one attached hydrogen (secondary N) is 2. The van der Waals surface area contributed by atoms with Crippen molar-refractivity contribution in [3.05, 3.63) is 35.4 Å². The molecule has 1 aromatic rings. The third kappa shape index (κ3) is 7.65. The summed E-state index contributed by atoms with van der Waals surface area (Å²) in [6, 6.07) is 9.70. The molecule has 0 saturated heterocycles. The minimum atomic E-state index is 0.641. The number of hydrogen-bond donors (Lipinski definition) is 2. The van der Waals surface area contributed by atoms with E-state index in [0.717, 1.165) is 44.1 Å². The van der Waals surface area contributed by atoms with Crippen molar-refractivity contribution in [1.82, 2.24) is 10.6 Å². The lowest BCUT2D eigenvalue weighted by atomic mass is 10.1. The van der Waals surface area contributed by atoms with Crippen molar-refractivity contribution in [3.63, 3.8) is 0 Å². The van der Waals surface area contributed by atoms with Gasteiger partial charge in [-0.25, -0.2) is 0 Å². The summed E-state index contributed by atoms with van der Waals surface area (Å²) in [5.41, 5.74) is 1.73. The number of guanidine groups is 1. The SMILES string of the molecule is CCCCOCCCNC(=NC)NCc1cccc(C#N)c1. The fourth-order valence-electron chi connectivity index (χ4n) is 1.89. The van der Waals surface area contributed by atoms with Gasteiger partial charge in [0.25, 0.3) is 0 Å². The van der Waals surface area contributed by atoms with Gasteiger partial charge >= 0.3 is 0 Å². The summed E-state index contributed by atoms with van der Waals surface area (Å²) in [7, 11) is 1.75. The molecule has 5 nitrogen and oxygen atoms in total. The van der Waals surface area contributed by atoms with E-state index in [0.29, 0.717) is 12.1 Å². The van der Waals surface area contributed by atoms with E-state index in [9.17, 15) is 0 Å². The van der Waals surface area contributed by atoms with E-state index >= 15 is 0 Å². The van der Waals surface area contributed by atoms with Gasteiger partial charge in [-0.3, -0.25) is 4.99 Å². The van der Waals surface area contributed by atoms with Crippen molar-refractivity contribution in [2.75, 3.05) is 26.8 Å². The van der Waals surface area contributed by atoms with Gasteiger partial charge in [-0.05, 0) is 30.5 Å². The average molecular weight is 302 g/mol. The summed E-state index contributed by atoms with van der Waals surface area (Å²) in [6.07, 6.45) is 3.24. The molecule has 0 unspecified atom stereocenters. The molecule has 0 radical (unpaired) electrons. The lowest BCUT2D eigenvalue weighted by Gasteiger charge is -2.12. The van der Waals surface area contributed by atoms with E-state index in [2.05, 4.69) is 28.6 Å². The Bertz CT molecular complexity index is 494. The number of rotatable bonds is 9. The number of nitrogens with zero attached hydrogens (tertiary/aromatic N) is 2. The molecule has 0 aromatic heterocycles. The smallest absolute Gasteiger partial charge is 0.191 e. The van der Waals surface area contributed by atoms with Crippen LogP contribution in [0.2, 0.25) is 0 Å². The molecule has 0 heterocycles. The molecular formula is C17H26N4O. The van der Waals surface area contributed by atoms with E-state index in [1.165, 1.54) is 6.42 Å². The van der Waals surface area contributed by atoms with Crippen LogP contribution in [-0.2, 0) is 11.3 Å². The second-order valence-corrected chi connectivity index (χ2v) is 4.98. The Labute approximate surface area is 133 Å². The second kappa shape index (κ2) is 11.6. The van der Waals surface area contributed by atoms with Crippen LogP contribution in [0.1, 0.15) is 37.3 Å². The van der Waals surface area contributed by atoms with Crippen LogP contribution in [0, 0.1) is 11.3 Å². The zero-order valence-electron chi connectivity index (χ0n) is 13.6. The zero-order chi connectivity index (χ0) is 16.0. The van der Waals surface area contributed by atoms with E-state index in [-0.39, 0.29) is 0 Å². The molecule has 0 aliphatic heterocycles. The van der Waals surface area contributed by atoms with Gasteiger partial charge in [0.15, 0.2) is 5.96 Å². The Morgan fingerprint density at radius 3 is 2.82 bits per heavy atom. The van der Waals surface area contributed by atoms with Crippen molar-refractivity contribution < 1.29 is 4.74 Å². The molecule has 2 N–H and O–H groups in total. The highest BCUT2D eigenvalue weighted by molar-refractivity contribution is 5.79. The molecule has 1 aromatic carbocycles. The molecule has 0 amide bonds. The molecule has 0 bridgehead atoms. The number of nitriles is 1. The van der Waals surface area contributed by atoms with Gasteiger partial charge in [-0.1, -0.05) is 25.5 Å². The van der Waals surface area contributed by atoms with Crippen molar-refractivity contribution in [1.29, 1.82) is 5.26 Å². The molecule has 0 aliphatic rings. The predicted octanol–water partition coefficient (Wildman–Crippen LogP) is 2.43. The van der Waals surface area contributed by atoms with Crippen LogP contribution >= 0.6 is 0 Å². The van der Waals surface area contributed by atoms with Crippen LogP contribution in [0.25, 0.3) is 0 Å². The monoisotopic (exact) mass is 302 g/mol. The molecule has 0 fully saturated rings. The highest BCUT2D eigenvalue weighted by Gasteiger charge is 1.99. The summed E-state index contributed by atoms with van der Waals surface area (Å²) in [5.74, 6) is 0.760. The number of aliphatic imine (C=N–C) groups is 1. The molecule has 22 heavy (non-hydrogen) atoms. The van der Waals surface area contributed by atoms with Gasteiger partial charge in [0.2, 0.25) is 0 Å². The molecule has 1 rings (SSSR count). The first-order valence-electron chi connectivity index (χ1n) is 7.81. The number of unbranched alkanes of at least 4 members (excludes halogenated alkanes) is 1. The van der Waals surface area contributed by atoms with Crippen molar-refractivity contribution in [3.8, 4) is 6.07 Å². The summed E-state index contributed by atoms with van der Waals surface area (Å²) < 4.78 is 5.51. The van der Waals surface area contributed by atoms with Gasteiger partial charge in [-0.2, -0.15) is 5.26 Å². The Morgan fingerprint density at radius 1 is 1.27 bits per heavy atom. The number of hydrogen-bond acceptors (Lipinski definition) is 3. The molecule has 0 atom stereocenters. The third-order valence-corrected chi connectivity index (χ3v) is 3.14. The van der Waals surface area contributed by atoms with E-state index in [4.69, 9.17) is 10.00 Å². The summed E-state index contributed by atoms with van der Waals surface area (Å²) in [4.78, 5) is 4.18. The second-order valence-electron chi connectivity index (χ2n) is 4.98. The quantitative estimate of drug-likeness (QED) is 0.417. The first kappa shape index (κ1) is 18.0. The third-order valence-electron chi connectivity index (χ3n) is 3.14. The van der Waals surface area contributed by atoms with Crippen LogP contribution in [0.3, 0.4) is 0 Å². The van der Waals surface area contributed by atoms with Gasteiger partial charge in [0, 0.05) is 33.4 Å². The number of ether oxygens (including phenoxy) is 1. The summed E-state index contributed by atoms with van der Waals surface area (Å²) in [6.45, 7) is 5.24. The predicted molar refractivity (Wildman–Crippen MR) is 89.7 cm³/mol. The van der Waals surface area contributed by atoms with Crippen LogP contribution in [-0.4, -0.2) is 32.8 Å².